The monoisotopic (exact) mass is 148 g/mol. The summed E-state index contributed by atoms with van der Waals surface area (Å²) in [4.78, 5) is 0. The van der Waals surface area contributed by atoms with E-state index in [1.807, 2.05) is 26.0 Å². The van der Waals surface area contributed by atoms with Gasteiger partial charge in [-0.15, -0.1) is 0 Å². The summed E-state index contributed by atoms with van der Waals surface area (Å²) in [7, 11) is 0.446. The Bertz CT molecular complexity index is 271. The van der Waals surface area contributed by atoms with Crippen LogP contribution in [0.4, 0.5) is 0 Å². The summed E-state index contributed by atoms with van der Waals surface area (Å²) >= 11 is 0. The minimum absolute atomic E-state index is 0.446. The Labute approximate surface area is 66.5 Å². The van der Waals surface area contributed by atoms with Crippen LogP contribution in [0.2, 0.25) is 0 Å². The SMILES string of the molecule is Cc1cccc(OB=O)c1C. The average molecular weight is 148 g/mol. The Kier molecular flexibility index (Phi) is 2.42. The van der Waals surface area contributed by atoms with Gasteiger partial charge in [0, 0.05) is 0 Å². The molecule has 2 nitrogen and oxygen atoms in total. The first-order valence-electron chi connectivity index (χ1n) is 3.42. The standard InChI is InChI=1S/C8H9BO2/c1-6-4-3-5-8(7(6)2)11-9-10/h3-5H,1-2H3. The molecule has 0 bridgehead atoms. The molecular weight excluding hydrogens is 139 g/mol. The van der Waals surface area contributed by atoms with E-state index in [1.165, 1.54) is 0 Å². The van der Waals surface area contributed by atoms with Crippen LogP contribution in [-0.2, 0) is 4.70 Å². The molecule has 0 spiro atoms. The Morgan fingerprint density at radius 2 is 2.09 bits per heavy atom. The van der Waals surface area contributed by atoms with Gasteiger partial charge in [-0.3, -0.25) is 0 Å². The summed E-state index contributed by atoms with van der Waals surface area (Å²) in [6, 6.07) is 5.62. The second-order valence-electron chi connectivity index (χ2n) is 2.41. The number of hydrogen-bond acceptors (Lipinski definition) is 2. The first kappa shape index (κ1) is 7.99. The van der Waals surface area contributed by atoms with Gasteiger partial charge in [0.1, 0.15) is 0 Å². The van der Waals surface area contributed by atoms with Crippen molar-refractivity contribution in [2.75, 3.05) is 0 Å². The van der Waals surface area contributed by atoms with Crippen molar-refractivity contribution >= 4 is 7.35 Å². The van der Waals surface area contributed by atoms with Crippen LogP contribution in [0.15, 0.2) is 18.2 Å². The summed E-state index contributed by atoms with van der Waals surface area (Å²) in [5.74, 6) is 0.639. The molecule has 0 aliphatic rings. The molecule has 0 aromatic heterocycles. The molecule has 11 heavy (non-hydrogen) atoms. The molecule has 0 unspecified atom stereocenters. The van der Waals surface area contributed by atoms with Crippen molar-refractivity contribution in [3.63, 3.8) is 0 Å². The van der Waals surface area contributed by atoms with Crippen LogP contribution in [0.25, 0.3) is 0 Å². The molecule has 1 aromatic rings. The van der Waals surface area contributed by atoms with Crippen LogP contribution >= 0.6 is 0 Å². The molecule has 1 aromatic carbocycles. The second-order valence-corrected chi connectivity index (χ2v) is 2.41. The van der Waals surface area contributed by atoms with Crippen LogP contribution < -0.4 is 4.65 Å². The van der Waals surface area contributed by atoms with E-state index in [4.69, 9.17) is 4.65 Å². The summed E-state index contributed by atoms with van der Waals surface area (Å²) in [5, 5.41) is 0. The van der Waals surface area contributed by atoms with E-state index in [9.17, 15) is 4.70 Å². The summed E-state index contributed by atoms with van der Waals surface area (Å²) in [6.45, 7) is 3.90. The van der Waals surface area contributed by atoms with Crippen molar-refractivity contribution in [2.24, 2.45) is 0 Å². The van der Waals surface area contributed by atoms with Crippen LogP contribution in [0.1, 0.15) is 11.1 Å². The molecule has 0 atom stereocenters. The van der Waals surface area contributed by atoms with E-state index in [-0.39, 0.29) is 0 Å². The van der Waals surface area contributed by atoms with E-state index >= 15 is 0 Å². The van der Waals surface area contributed by atoms with Gasteiger partial charge in [0.25, 0.3) is 0 Å². The van der Waals surface area contributed by atoms with E-state index < -0.39 is 0 Å². The summed E-state index contributed by atoms with van der Waals surface area (Å²) in [6.07, 6.45) is 0. The maximum atomic E-state index is 10.0. The molecule has 0 saturated heterocycles. The molecule has 3 heteroatoms. The zero-order valence-corrected chi connectivity index (χ0v) is 6.63. The normalized spacial score (nSPS) is 8.91. The third kappa shape index (κ3) is 1.67. The topological polar surface area (TPSA) is 26.3 Å². The zero-order valence-electron chi connectivity index (χ0n) is 6.63. The van der Waals surface area contributed by atoms with Gasteiger partial charge in [0.2, 0.25) is 0 Å². The van der Waals surface area contributed by atoms with Crippen LogP contribution in [0, 0.1) is 13.8 Å². The zero-order chi connectivity index (χ0) is 8.27. The van der Waals surface area contributed by atoms with E-state index in [0.29, 0.717) is 13.1 Å². The number of hydrogen-bond donors (Lipinski definition) is 0. The quantitative estimate of drug-likeness (QED) is 0.596. The molecule has 1 rings (SSSR count). The fourth-order valence-electron chi connectivity index (χ4n) is 0.904. The van der Waals surface area contributed by atoms with Crippen molar-refractivity contribution in [3.8, 4) is 5.75 Å². The summed E-state index contributed by atoms with van der Waals surface area (Å²) in [5.41, 5.74) is 2.14. The van der Waals surface area contributed by atoms with Gasteiger partial charge in [-0.05, 0) is 0 Å². The molecule has 0 saturated carbocycles. The molecule has 0 aliphatic carbocycles. The first-order valence-corrected chi connectivity index (χ1v) is 3.42. The third-order valence-electron chi connectivity index (χ3n) is 1.73. The van der Waals surface area contributed by atoms with Crippen LogP contribution in [-0.4, -0.2) is 7.35 Å². The number of benzene rings is 1. The van der Waals surface area contributed by atoms with Gasteiger partial charge in [-0.1, -0.05) is 0 Å². The second kappa shape index (κ2) is 3.33. The summed E-state index contributed by atoms with van der Waals surface area (Å²) < 4.78 is 14.8. The number of rotatable bonds is 2. The fraction of sp³-hybridized carbons (Fsp3) is 0.250. The third-order valence-corrected chi connectivity index (χ3v) is 1.73. The van der Waals surface area contributed by atoms with Crippen molar-refractivity contribution in [2.45, 2.75) is 13.8 Å². The molecule has 0 amide bonds. The Balaban J connectivity index is 3.05. The Morgan fingerprint density at radius 3 is 2.73 bits per heavy atom. The van der Waals surface area contributed by atoms with E-state index in [0.717, 1.165) is 11.1 Å². The van der Waals surface area contributed by atoms with Gasteiger partial charge < -0.3 is 0 Å². The minimum atomic E-state index is 0.446. The van der Waals surface area contributed by atoms with Gasteiger partial charge >= 0.3 is 65.6 Å². The van der Waals surface area contributed by atoms with Gasteiger partial charge in [0.15, 0.2) is 0 Å². The molecule has 0 fully saturated rings. The van der Waals surface area contributed by atoms with Crippen molar-refractivity contribution < 1.29 is 9.36 Å². The van der Waals surface area contributed by atoms with Gasteiger partial charge in [-0.2, -0.15) is 0 Å². The molecular formula is C8H9BO2. The van der Waals surface area contributed by atoms with E-state index in [1.54, 1.807) is 6.07 Å². The van der Waals surface area contributed by atoms with Crippen molar-refractivity contribution in [3.05, 3.63) is 29.3 Å². The number of aryl methyl sites for hydroxylation is 1. The van der Waals surface area contributed by atoms with Crippen LogP contribution in [0.5, 0.6) is 5.75 Å². The first-order chi connectivity index (χ1) is 5.25. The molecule has 0 heterocycles. The average Bonchev–Trinajstić information content (AvgIpc) is 1.99. The predicted molar refractivity (Wildman–Crippen MR) is 43.0 cm³/mol. The molecule has 56 valence electrons. The van der Waals surface area contributed by atoms with E-state index in [2.05, 4.69) is 0 Å². The Morgan fingerprint density at radius 1 is 1.36 bits per heavy atom. The molecule has 0 aliphatic heterocycles. The Hall–Kier alpha value is -1.12. The maximum absolute atomic E-state index is 10.0. The van der Waals surface area contributed by atoms with Crippen molar-refractivity contribution in [1.29, 1.82) is 0 Å². The predicted octanol–water partition coefficient (Wildman–Crippen LogP) is 1.65. The fourth-order valence-corrected chi connectivity index (χ4v) is 0.904. The van der Waals surface area contributed by atoms with Crippen LogP contribution in [0.3, 0.4) is 0 Å². The molecule has 0 N–H and O–H groups in total. The van der Waals surface area contributed by atoms with Gasteiger partial charge in [0.05, 0.1) is 0 Å². The molecule has 0 radical (unpaired) electrons. The van der Waals surface area contributed by atoms with Gasteiger partial charge in [-0.25, -0.2) is 0 Å². The van der Waals surface area contributed by atoms with Crippen molar-refractivity contribution in [1.82, 2.24) is 0 Å².